The third-order valence-corrected chi connectivity index (χ3v) is 5.57. The molecule has 1 aliphatic heterocycles. The van der Waals surface area contributed by atoms with Gasteiger partial charge < -0.3 is 19.8 Å². The van der Waals surface area contributed by atoms with Crippen LogP contribution >= 0.6 is 0 Å². The summed E-state index contributed by atoms with van der Waals surface area (Å²) in [5, 5.41) is 19.9. The lowest BCUT2D eigenvalue weighted by Gasteiger charge is -2.42. The van der Waals surface area contributed by atoms with Gasteiger partial charge in [-0.15, -0.1) is 0 Å². The first kappa shape index (κ1) is 22.9. The Labute approximate surface area is 184 Å². The molecule has 0 saturated carbocycles. The van der Waals surface area contributed by atoms with Gasteiger partial charge in [-0.1, -0.05) is 30.0 Å². The largest absolute Gasteiger partial charge is 0.494 e. The van der Waals surface area contributed by atoms with E-state index in [1.165, 1.54) is 0 Å². The van der Waals surface area contributed by atoms with Crippen molar-refractivity contribution in [1.29, 1.82) is 0 Å². The Kier molecular flexibility index (Phi) is 7.37. The van der Waals surface area contributed by atoms with Gasteiger partial charge >= 0.3 is 0 Å². The highest BCUT2D eigenvalue weighted by atomic mass is 16.5. The first-order chi connectivity index (χ1) is 14.8. The summed E-state index contributed by atoms with van der Waals surface area (Å²) in [6.07, 6.45) is 2.41. The van der Waals surface area contributed by atoms with Crippen molar-refractivity contribution in [3.8, 4) is 17.6 Å². The Morgan fingerprint density at radius 3 is 2.52 bits per heavy atom. The van der Waals surface area contributed by atoms with Gasteiger partial charge in [-0.2, -0.15) is 0 Å². The van der Waals surface area contributed by atoms with Gasteiger partial charge in [0.05, 0.1) is 13.2 Å². The van der Waals surface area contributed by atoms with Crippen LogP contribution in [0.4, 0.5) is 0 Å². The third kappa shape index (κ3) is 6.58. The second-order valence-corrected chi connectivity index (χ2v) is 8.79. The van der Waals surface area contributed by atoms with Crippen molar-refractivity contribution >= 4 is 5.91 Å². The molecule has 164 valence electrons. The molecule has 1 amide bonds. The Balaban J connectivity index is 1.62. The van der Waals surface area contributed by atoms with E-state index < -0.39 is 5.60 Å². The van der Waals surface area contributed by atoms with Crippen LogP contribution in [0.1, 0.15) is 49.0 Å². The van der Waals surface area contributed by atoms with Crippen LogP contribution in [0.25, 0.3) is 0 Å². The second kappa shape index (κ2) is 10.00. The van der Waals surface area contributed by atoms with Gasteiger partial charge in [0.15, 0.2) is 0 Å². The summed E-state index contributed by atoms with van der Waals surface area (Å²) >= 11 is 0. The summed E-state index contributed by atoms with van der Waals surface area (Å²) in [4.78, 5) is 14.9. The fraction of sp³-hybridized carbons (Fsp3) is 0.423. The highest BCUT2D eigenvalue weighted by Gasteiger charge is 2.37. The van der Waals surface area contributed by atoms with Crippen molar-refractivity contribution in [1.82, 2.24) is 4.90 Å². The van der Waals surface area contributed by atoms with E-state index in [0.717, 1.165) is 24.2 Å². The quantitative estimate of drug-likeness (QED) is 0.701. The first-order valence-corrected chi connectivity index (χ1v) is 10.7. The van der Waals surface area contributed by atoms with E-state index in [-0.39, 0.29) is 17.9 Å². The Bertz CT molecular complexity index is 922. The molecule has 1 saturated heterocycles. The highest BCUT2D eigenvalue weighted by molar-refractivity contribution is 5.94. The zero-order valence-electron chi connectivity index (χ0n) is 18.3. The van der Waals surface area contributed by atoms with Crippen molar-refractivity contribution in [3.05, 3.63) is 65.7 Å². The summed E-state index contributed by atoms with van der Waals surface area (Å²) in [6, 6.07) is 16.8. The molecule has 2 N–H and O–H groups in total. The lowest BCUT2D eigenvalue weighted by molar-refractivity contribution is 0.0156. The molecule has 2 aromatic carbocycles. The molecule has 1 atom stereocenters. The van der Waals surface area contributed by atoms with Crippen LogP contribution in [0.3, 0.4) is 0 Å². The summed E-state index contributed by atoms with van der Waals surface area (Å²) in [5.74, 6) is 6.46. The number of hydrogen-bond donors (Lipinski definition) is 2. The van der Waals surface area contributed by atoms with E-state index in [9.17, 15) is 15.0 Å². The smallest absolute Gasteiger partial charge is 0.253 e. The van der Waals surface area contributed by atoms with Crippen molar-refractivity contribution in [3.63, 3.8) is 0 Å². The molecule has 1 fully saturated rings. The molecule has 3 rings (SSSR count). The minimum atomic E-state index is -1.06. The molecule has 31 heavy (non-hydrogen) atoms. The van der Waals surface area contributed by atoms with Crippen LogP contribution in [0, 0.1) is 17.3 Å². The molecule has 0 aromatic heterocycles. The van der Waals surface area contributed by atoms with E-state index in [4.69, 9.17) is 4.74 Å². The maximum absolute atomic E-state index is 13.1. The predicted molar refractivity (Wildman–Crippen MR) is 121 cm³/mol. The van der Waals surface area contributed by atoms with Crippen LogP contribution in [0.2, 0.25) is 0 Å². The van der Waals surface area contributed by atoms with Crippen LogP contribution in [-0.2, 0) is 0 Å². The molecule has 2 aromatic rings. The number of para-hydroxylation sites is 1. The van der Waals surface area contributed by atoms with E-state index in [1.807, 2.05) is 35.2 Å². The molecular weight excluding hydrogens is 390 g/mol. The van der Waals surface area contributed by atoms with Crippen LogP contribution in [-0.4, -0.2) is 52.9 Å². The molecular formula is C26H31NO4. The number of aliphatic hydroxyl groups excluding tert-OH is 1. The average Bonchev–Trinajstić information content (AvgIpc) is 2.78. The number of carbonyl (C=O) groups excluding carboxylic acids is 1. The number of nitrogens with zero attached hydrogens (tertiary/aromatic N) is 1. The summed E-state index contributed by atoms with van der Waals surface area (Å²) < 4.78 is 5.83. The Morgan fingerprint density at radius 1 is 1.16 bits per heavy atom. The topological polar surface area (TPSA) is 70.0 Å². The number of aliphatic hydroxyl groups is 2. The maximum atomic E-state index is 13.1. The molecule has 1 aliphatic rings. The minimum absolute atomic E-state index is 0.0282. The lowest BCUT2D eigenvalue weighted by atomic mass is 9.78. The molecule has 0 unspecified atom stereocenters. The number of amides is 1. The maximum Gasteiger partial charge on any atom is 0.253 e. The zero-order chi connectivity index (χ0) is 22.3. The second-order valence-electron chi connectivity index (χ2n) is 8.79. The number of rotatable bonds is 6. The number of piperidine rings is 1. The van der Waals surface area contributed by atoms with Crippen LogP contribution < -0.4 is 4.74 Å². The number of benzene rings is 2. The summed E-state index contributed by atoms with van der Waals surface area (Å²) in [6.45, 7) is 4.99. The number of likely N-dealkylation sites (tertiary alicyclic amines) is 1. The van der Waals surface area contributed by atoms with Crippen molar-refractivity contribution in [2.24, 2.45) is 5.41 Å². The number of hydrogen-bond acceptors (Lipinski definition) is 4. The molecule has 1 heterocycles. The van der Waals surface area contributed by atoms with Gasteiger partial charge in [0.25, 0.3) is 5.91 Å². The third-order valence-electron chi connectivity index (χ3n) is 5.57. The summed E-state index contributed by atoms with van der Waals surface area (Å²) in [7, 11) is 0. The predicted octanol–water partition coefficient (Wildman–Crippen LogP) is 3.49. The Hall–Kier alpha value is -2.81. The standard InChI is InChI=1S/C26H31NO4/c1-25(2,30)15-13-21-9-11-22(12-10-21)24(29)27-17-6-14-26(19-27,20-28)16-18-31-23-7-4-3-5-8-23/h3-5,7-12,28,30H,6,14,16-20H2,1-2H3/t26-/m1/s1. The van der Waals surface area contributed by atoms with Gasteiger partial charge in [-0.25, -0.2) is 0 Å². The molecule has 0 aliphatic carbocycles. The minimum Gasteiger partial charge on any atom is -0.494 e. The fourth-order valence-corrected chi connectivity index (χ4v) is 3.80. The molecule has 0 radical (unpaired) electrons. The van der Waals surface area contributed by atoms with Gasteiger partial charge in [0, 0.05) is 29.6 Å². The lowest BCUT2D eigenvalue weighted by Crippen LogP contribution is -2.48. The van der Waals surface area contributed by atoms with Gasteiger partial charge in [0.2, 0.25) is 0 Å². The zero-order valence-corrected chi connectivity index (χ0v) is 18.3. The first-order valence-electron chi connectivity index (χ1n) is 10.7. The van der Waals surface area contributed by atoms with E-state index in [2.05, 4.69) is 11.8 Å². The van der Waals surface area contributed by atoms with Crippen molar-refractivity contribution < 1.29 is 19.7 Å². The molecule has 0 spiro atoms. The van der Waals surface area contributed by atoms with Gasteiger partial charge in [0.1, 0.15) is 11.4 Å². The number of ether oxygens (including phenoxy) is 1. The normalized spacial score (nSPS) is 18.8. The van der Waals surface area contributed by atoms with Gasteiger partial charge in [-0.05, 0) is 69.5 Å². The molecule has 5 heteroatoms. The monoisotopic (exact) mass is 421 g/mol. The summed E-state index contributed by atoms with van der Waals surface area (Å²) in [5.41, 5.74) is -0.0517. The van der Waals surface area contributed by atoms with E-state index in [1.54, 1.807) is 38.1 Å². The van der Waals surface area contributed by atoms with Crippen molar-refractivity contribution in [2.45, 2.75) is 38.7 Å². The van der Waals surface area contributed by atoms with Gasteiger partial charge in [-0.3, -0.25) is 4.79 Å². The van der Waals surface area contributed by atoms with Crippen molar-refractivity contribution in [2.75, 3.05) is 26.3 Å². The SMILES string of the molecule is CC(C)(O)C#Cc1ccc(C(=O)N2CCC[C@@](CO)(CCOc3ccccc3)C2)cc1. The van der Waals surface area contributed by atoms with E-state index in [0.29, 0.717) is 31.7 Å². The number of carbonyl (C=O) groups is 1. The fourth-order valence-electron chi connectivity index (χ4n) is 3.80. The molecule has 0 bridgehead atoms. The Morgan fingerprint density at radius 2 is 1.87 bits per heavy atom. The van der Waals surface area contributed by atoms with E-state index >= 15 is 0 Å². The average molecular weight is 422 g/mol. The molecule has 5 nitrogen and oxygen atoms in total. The highest BCUT2D eigenvalue weighted by Crippen LogP contribution is 2.34. The van der Waals surface area contributed by atoms with Crippen LogP contribution in [0.5, 0.6) is 5.75 Å². The van der Waals surface area contributed by atoms with Crippen LogP contribution in [0.15, 0.2) is 54.6 Å².